The molecule has 0 saturated heterocycles. The predicted octanol–water partition coefficient (Wildman–Crippen LogP) is 2.04. The van der Waals surface area contributed by atoms with Gasteiger partial charge in [0.1, 0.15) is 11.5 Å². The minimum absolute atomic E-state index is 0.146. The van der Waals surface area contributed by atoms with Crippen LogP contribution in [0.25, 0.3) is 0 Å². The second kappa shape index (κ2) is 6.12. The molecule has 0 saturated carbocycles. The first-order valence-corrected chi connectivity index (χ1v) is 5.13. The molecule has 1 amide bonds. The molecule has 2 N–H and O–H groups in total. The number of rotatable bonds is 5. The van der Waals surface area contributed by atoms with Crippen molar-refractivity contribution in [2.75, 3.05) is 18.9 Å². The quantitative estimate of drug-likeness (QED) is 0.781. The van der Waals surface area contributed by atoms with Crippen LogP contribution in [0.4, 0.5) is 18.9 Å². The summed E-state index contributed by atoms with van der Waals surface area (Å²) in [5.74, 6) is -3.08. The summed E-state index contributed by atoms with van der Waals surface area (Å²) in [4.78, 5) is 10.9. The largest absolute Gasteiger partial charge is 0.380 e. The summed E-state index contributed by atoms with van der Waals surface area (Å²) < 4.78 is 38.9. The van der Waals surface area contributed by atoms with Gasteiger partial charge in [0.2, 0.25) is 5.91 Å². The third-order valence-corrected chi connectivity index (χ3v) is 2.17. The van der Waals surface area contributed by atoms with Gasteiger partial charge in [-0.3, -0.25) is 4.79 Å². The molecule has 1 aromatic rings. The maximum atomic E-state index is 13.1. The van der Waals surface area contributed by atoms with Crippen LogP contribution in [0.15, 0.2) is 12.1 Å². The van der Waals surface area contributed by atoms with Gasteiger partial charge >= 0.3 is 0 Å². The number of benzene rings is 1. The van der Waals surface area contributed by atoms with Gasteiger partial charge in [-0.15, -0.1) is 0 Å². The molecular weight excluding hydrogens is 233 g/mol. The topological polar surface area (TPSA) is 41.1 Å². The molecule has 0 radical (unpaired) electrons. The van der Waals surface area contributed by atoms with Crippen molar-refractivity contribution in [1.29, 1.82) is 0 Å². The molecule has 1 rings (SSSR count). The minimum Gasteiger partial charge on any atom is -0.380 e. The van der Waals surface area contributed by atoms with Crippen LogP contribution in [0.1, 0.15) is 12.8 Å². The Morgan fingerprint density at radius 3 is 2.35 bits per heavy atom. The fraction of sp³-hybridized carbons (Fsp3) is 0.364. The van der Waals surface area contributed by atoms with Crippen LogP contribution in [0.2, 0.25) is 0 Å². The SMILES string of the molecule is CNC(=O)CCCNc1c(F)cc(F)cc1F. The molecule has 0 bridgehead atoms. The highest BCUT2D eigenvalue weighted by Crippen LogP contribution is 2.19. The third-order valence-electron chi connectivity index (χ3n) is 2.17. The van der Waals surface area contributed by atoms with Crippen molar-refractivity contribution in [2.45, 2.75) is 12.8 Å². The molecule has 0 aliphatic heterocycles. The van der Waals surface area contributed by atoms with Crippen molar-refractivity contribution < 1.29 is 18.0 Å². The van der Waals surface area contributed by atoms with E-state index in [0.717, 1.165) is 0 Å². The van der Waals surface area contributed by atoms with Crippen LogP contribution >= 0.6 is 0 Å². The lowest BCUT2D eigenvalue weighted by molar-refractivity contribution is -0.120. The number of hydrogen-bond donors (Lipinski definition) is 2. The lowest BCUT2D eigenvalue weighted by atomic mass is 10.2. The van der Waals surface area contributed by atoms with Gasteiger partial charge in [-0.2, -0.15) is 0 Å². The van der Waals surface area contributed by atoms with Crippen molar-refractivity contribution in [2.24, 2.45) is 0 Å². The molecule has 0 unspecified atom stereocenters. The highest BCUT2D eigenvalue weighted by atomic mass is 19.1. The molecular formula is C11H13F3N2O. The van der Waals surface area contributed by atoms with Crippen molar-refractivity contribution in [1.82, 2.24) is 5.32 Å². The second-order valence-corrected chi connectivity index (χ2v) is 3.45. The number of amides is 1. The zero-order chi connectivity index (χ0) is 12.8. The monoisotopic (exact) mass is 246 g/mol. The fourth-order valence-electron chi connectivity index (χ4n) is 1.30. The van der Waals surface area contributed by atoms with E-state index in [4.69, 9.17) is 0 Å². The lowest BCUT2D eigenvalue weighted by Crippen LogP contribution is -2.18. The van der Waals surface area contributed by atoms with Crippen LogP contribution < -0.4 is 10.6 Å². The smallest absolute Gasteiger partial charge is 0.219 e. The van der Waals surface area contributed by atoms with E-state index < -0.39 is 17.5 Å². The number of anilines is 1. The average molecular weight is 246 g/mol. The highest BCUT2D eigenvalue weighted by molar-refractivity contribution is 5.75. The van der Waals surface area contributed by atoms with Crippen LogP contribution in [0.5, 0.6) is 0 Å². The molecule has 0 heterocycles. The van der Waals surface area contributed by atoms with E-state index in [-0.39, 0.29) is 24.6 Å². The Morgan fingerprint density at radius 2 is 1.82 bits per heavy atom. The lowest BCUT2D eigenvalue weighted by Gasteiger charge is -2.08. The first-order chi connectivity index (χ1) is 8.04. The van der Waals surface area contributed by atoms with Gasteiger partial charge in [-0.1, -0.05) is 0 Å². The van der Waals surface area contributed by atoms with E-state index >= 15 is 0 Å². The van der Waals surface area contributed by atoms with Gasteiger partial charge in [0.25, 0.3) is 0 Å². The summed E-state index contributed by atoms with van der Waals surface area (Å²) in [6, 6.07) is 1.20. The Balaban J connectivity index is 2.50. The van der Waals surface area contributed by atoms with E-state index in [1.807, 2.05) is 0 Å². The van der Waals surface area contributed by atoms with Crippen LogP contribution in [-0.4, -0.2) is 19.5 Å². The van der Waals surface area contributed by atoms with Crippen LogP contribution in [0.3, 0.4) is 0 Å². The van der Waals surface area contributed by atoms with Gasteiger partial charge in [-0.05, 0) is 6.42 Å². The first-order valence-electron chi connectivity index (χ1n) is 5.13. The summed E-state index contributed by atoms with van der Waals surface area (Å²) in [7, 11) is 1.51. The van der Waals surface area contributed by atoms with E-state index in [1.54, 1.807) is 0 Å². The maximum absolute atomic E-state index is 13.1. The zero-order valence-electron chi connectivity index (χ0n) is 9.32. The molecule has 3 nitrogen and oxygen atoms in total. The number of carbonyl (C=O) groups is 1. The van der Waals surface area contributed by atoms with Crippen molar-refractivity contribution >= 4 is 11.6 Å². The number of nitrogens with one attached hydrogen (secondary N) is 2. The Labute approximate surface area is 97.0 Å². The van der Waals surface area contributed by atoms with Gasteiger partial charge in [0.05, 0.1) is 0 Å². The zero-order valence-corrected chi connectivity index (χ0v) is 9.32. The minimum atomic E-state index is -0.984. The predicted molar refractivity (Wildman–Crippen MR) is 58.1 cm³/mol. The van der Waals surface area contributed by atoms with Gasteiger partial charge in [0.15, 0.2) is 11.6 Å². The number of carbonyl (C=O) groups excluding carboxylic acids is 1. The molecule has 0 aliphatic carbocycles. The van der Waals surface area contributed by atoms with E-state index in [1.165, 1.54) is 7.05 Å². The molecule has 0 fully saturated rings. The maximum Gasteiger partial charge on any atom is 0.219 e. The normalized spacial score (nSPS) is 10.1. The van der Waals surface area contributed by atoms with E-state index in [0.29, 0.717) is 18.6 Å². The van der Waals surface area contributed by atoms with Gasteiger partial charge in [0, 0.05) is 32.1 Å². The average Bonchev–Trinajstić information content (AvgIpc) is 2.26. The molecule has 0 atom stereocenters. The second-order valence-electron chi connectivity index (χ2n) is 3.45. The number of halogens is 3. The van der Waals surface area contributed by atoms with Crippen LogP contribution in [0, 0.1) is 17.5 Å². The van der Waals surface area contributed by atoms with Gasteiger partial charge in [-0.25, -0.2) is 13.2 Å². The molecule has 0 aromatic heterocycles. The number of hydrogen-bond acceptors (Lipinski definition) is 2. The molecule has 0 aliphatic rings. The standard InChI is InChI=1S/C11H13F3N2O/c1-15-10(17)3-2-4-16-11-8(13)5-7(12)6-9(11)14/h5-6,16H,2-4H2,1H3,(H,15,17). The molecule has 1 aromatic carbocycles. The molecule has 0 spiro atoms. The molecule has 94 valence electrons. The van der Waals surface area contributed by atoms with E-state index in [2.05, 4.69) is 10.6 Å². The van der Waals surface area contributed by atoms with Crippen molar-refractivity contribution in [3.05, 3.63) is 29.6 Å². The van der Waals surface area contributed by atoms with Gasteiger partial charge < -0.3 is 10.6 Å². The summed E-state index contributed by atoms with van der Waals surface area (Å²) >= 11 is 0. The Morgan fingerprint density at radius 1 is 1.24 bits per heavy atom. The Bertz CT molecular complexity index is 387. The molecule has 6 heteroatoms. The summed E-state index contributed by atoms with van der Waals surface area (Å²) in [5, 5.41) is 4.92. The summed E-state index contributed by atoms with van der Waals surface area (Å²) in [6.07, 6.45) is 0.684. The summed E-state index contributed by atoms with van der Waals surface area (Å²) in [6.45, 7) is 0.229. The van der Waals surface area contributed by atoms with Crippen molar-refractivity contribution in [3.8, 4) is 0 Å². The van der Waals surface area contributed by atoms with Crippen LogP contribution in [-0.2, 0) is 4.79 Å². The Kier molecular flexibility index (Phi) is 4.81. The Hall–Kier alpha value is -1.72. The summed E-state index contributed by atoms with van der Waals surface area (Å²) in [5.41, 5.74) is -0.372. The highest BCUT2D eigenvalue weighted by Gasteiger charge is 2.10. The molecule has 17 heavy (non-hydrogen) atoms. The van der Waals surface area contributed by atoms with Crippen molar-refractivity contribution in [3.63, 3.8) is 0 Å². The van der Waals surface area contributed by atoms with E-state index in [9.17, 15) is 18.0 Å². The first kappa shape index (κ1) is 13.3. The third kappa shape index (κ3) is 3.97. The fourth-order valence-corrected chi connectivity index (χ4v) is 1.30.